The number of rotatable bonds is 5. The number of hydrogen-bond donors (Lipinski definition) is 2. The monoisotopic (exact) mass is 354 g/mol. The zero-order valence-corrected chi connectivity index (χ0v) is 14.9. The van der Waals surface area contributed by atoms with Crippen LogP contribution in [0.2, 0.25) is 0 Å². The van der Waals surface area contributed by atoms with Crippen LogP contribution < -0.4 is 5.73 Å². The van der Waals surface area contributed by atoms with Crippen LogP contribution in [0.5, 0.6) is 0 Å². The van der Waals surface area contributed by atoms with Crippen LogP contribution in [-0.4, -0.2) is 41.8 Å². The summed E-state index contributed by atoms with van der Waals surface area (Å²) in [6, 6.07) is 9.98. The average molecular weight is 355 g/mol. The van der Waals surface area contributed by atoms with Gasteiger partial charge in [-0.15, -0.1) is 24.8 Å². The zero-order chi connectivity index (χ0) is 12.8. The van der Waals surface area contributed by atoms with Gasteiger partial charge in [0, 0.05) is 12.6 Å². The lowest BCUT2D eigenvalue weighted by Crippen LogP contribution is -2.46. The van der Waals surface area contributed by atoms with Gasteiger partial charge in [0.1, 0.15) is 0 Å². The molecule has 0 amide bonds. The van der Waals surface area contributed by atoms with Gasteiger partial charge in [0.25, 0.3) is 0 Å². The summed E-state index contributed by atoms with van der Waals surface area (Å²) in [5, 5.41) is 10.2. The fourth-order valence-corrected chi connectivity index (χ4v) is 2.56. The molecular weight excluding hydrogens is 327 g/mol. The second kappa shape index (κ2) is 12.6. The van der Waals surface area contributed by atoms with Crippen molar-refractivity contribution >= 4 is 38.3 Å². The minimum absolute atomic E-state index is 0. The third-order valence-corrected chi connectivity index (χ3v) is 3.70. The minimum atomic E-state index is -0.427. The van der Waals surface area contributed by atoms with Crippen LogP contribution in [0.15, 0.2) is 30.3 Å². The Morgan fingerprint density at radius 3 is 2.19 bits per heavy atom. The van der Waals surface area contributed by atoms with Gasteiger partial charge in [-0.3, -0.25) is 0 Å². The van der Waals surface area contributed by atoms with E-state index in [1.807, 2.05) is 18.2 Å². The molecule has 0 unspecified atom stereocenters. The fourth-order valence-electron chi connectivity index (χ4n) is 2.56. The Bertz CT molecular complexity index is 351. The number of piperidine rings is 1. The first kappa shape index (κ1) is 23.3. The van der Waals surface area contributed by atoms with E-state index in [4.69, 9.17) is 5.73 Å². The summed E-state index contributed by atoms with van der Waals surface area (Å²) in [7, 11) is 0. The molecule has 0 saturated carbocycles. The molecule has 1 heterocycles. The second-order valence-corrected chi connectivity index (χ2v) is 5.28. The molecule has 0 aliphatic carbocycles. The molecule has 124 valence electrons. The smallest absolute Gasteiger partial charge is 0.0820 e. The van der Waals surface area contributed by atoms with Crippen molar-refractivity contribution in [3.05, 3.63) is 35.9 Å². The molecule has 0 radical (unpaired) electrons. The van der Waals surface area contributed by atoms with Gasteiger partial charge in [0.15, 0.2) is 0 Å². The number of aliphatic hydroxyl groups excluding tert-OH is 1. The number of aliphatic hydroxyl groups is 1. The number of halogens is 2. The second-order valence-electron chi connectivity index (χ2n) is 5.28. The predicted octanol–water partition coefficient (Wildman–Crippen LogP) is 2.36. The molecule has 3 nitrogen and oxygen atoms in total. The summed E-state index contributed by atoms with van der Waals surface area (Å²) in [5.74, 6) is 0. The first-order valence-electron chi connectivity index (χ1n) is 6.95. The minimum Gasteiger partial charge on any atom is -0.390 e. The van der Waals surface area contributed by atoms with Crippen LogP contribution in [0.1, 0.15) is 24.8 Å². The van der Waals surface area contributed by atoms with Crippen LogP contribution in [0.3, 0.4) is 0 Å². The molecule has 1 aliphatic heterocycles. The Morgan fingerprint density at radius 2 is 1.62 bits per heavy atom. The van der Waals surface area contributed by atoms with Crippen LogP contribution in [0.25, 0.3) is 0 Å². The highest BCUT2D eigenvalue weighted by Gasteiger charge is 2.19. The van der Waals surface area contributed by atoms with E-state index < -0.39 is 6.10 Å². The number of nitrogens with zero attached hydrogens (tertiary/aromatic N) is 1. The van der Waals surface area contributed by atoms with E-state index in [9.17, 15) is 5.11 Å². The molecule has 1 aromatic rings. The van der Waals surface area contributed by atoms with Crippen molar-refractivity contribution in [3.63, 3.8) is 0 Å². The van der Waals surface area contributed by atoms with Gasteiger partial charge in [0.2, 0.25) is 0 Å². The fraction of sp³-hybridized carbons (Fsp3) is 0.600. The maximum atomic E-state index is 10.2. The van der Waals surface area contributed by atoms with Gasteiger partial charge in [0.05, 0.1) is 6.10 Å². The summed E-state index contributed by atoms with van der Waals surface area (Å²) in [4.78, 5) is 2.33. The molecule has 21 heavy (non-hydrogen) atoms. The number of likely N-dealkylation sites (tertiary alicyclic amines) is 1. The molecule has 3 N–H and O–H groups in total. The Morgan fingerprint density at radius 1 is 1.05 bits per heavy atom. The lowest BCUT2D eigenvalue weighted by Gasteiger charge is -2.30. The molecule has 0 bridgehead atoms. The van der Waals surface area contributed by atoms with Crippen molar-refractivity contribution < 1.29 is 5.11 Å². The van der Waals surface area contributed by atoms with Crippen LogP contribution >= 0.6 is 38.3 Å². The van der Waals surface area contributed by atoms with E-state index in [0.717, 1.165) is 19.5 Å². The van der Waals surface area contributed by atoms with E-state index >= 15 is 0 Å². The normalized spacial score (nSPS) is 17.6. The van der Waals surface area contributed by atoms with Gasteiger partial charge >= 0.3 is 0 Å². The Kier molecular flexibility index (Phi) is 13.9. The van der Waals surface area contributed by atoms with Gasteiger partial charge in [-0.2, -0.15) is 13.5 Å². The Labute approximate surface area is 147 Å². The highest BCUT2D eigenvalue weighted by atomic mass is 35.5. The van der Waals surface area contributed by atoms with E-state index in [1.165, 1.54) is 24.8 Å². The first-order chi connectivity index (χ1) is 8.75. The highest BCUT2D eigenvalue weighted by Crippen LogP contribution is 2.11. The topological polar surface area (TPSA) is 49.5 Å². The Balaban J connectivity index is 0. The van der Waals surface area contributed by atoms with Crippen molar-refractivity contribution in [2.45, 2.75) is 37.8 Å². The van der Waals surface area contributed by atoms with Crippen molar-refractivity contribution in [2.75, 3.05) is 19.6 Å². The summed E-state index contributed by atoms with van der Waals surface area (Å²) >= 11 is 0. The van der Waals surface area contributed by atoms with Gasteiger partial charge in [-0.25, -0.2) is 0 Å². The third kappa shape index (κ3) is 8.29. The number of benzene rings is 1. The van der Waals surface area contributed by atoms with Crippen molar-refractivity contribution in [1.29, 1.82) is 0 Å². The van der Waals surface area contributed by atoms with Crippen LogP contribution in [0, 0.1) is 0 Å². The number of hydrogen-bond acceptors (Lipinski definition) is 3. The van der Waals surface area contributed by atoms with Gasteiger partial charge in [-0.05, 0) is 37.9 Å². The molecule has 0 spiro atoms. The standard InChI is InChI=1S/C15H24N2O.2ClH.H2S/c16-14(11-13-7-3-1-4-8-13)15(18)12-17-9-5-2-6-10-17;;;/h1,3-4,7-8,14-15,18H,2,5-6,9-12,16H2;2*1H;1H2/t14-,15+;;;/m1.../s1. The lowest BCUT2D eigenvalue weighted by atomic mass is 10.0. The van der Waals surface area contributed by atoms with Crippen molar-refractivity contribution in [2.24, 2.45) is 5.73 Å². The van der Waals surface area contributed by atoms with Gasteiger partial charge in [-0.1, -0.05) is 36.8 Å². The van der Waals surface area contributed by atoms with E-state index in [-0.39, 0.29) is 44.4 Å². The molecule has 0 aromatic heterocycles. The number of nitrogens with two attached hydrogens (primary N) is 1. The summed E-state index contributed by atoms with van der Waals surface area (Å²) in [6.45, 7) is 2.93. The largest absolute Gasteiger partial charge is 0.390 e. The van der Waals surface area contributed by atoms with Crippen molar-refractivity contribution in [1.82, 2.24) is 4.90 Å². The number of β-amino-alcohol motifs (C(OH)–C–C–N with tert-alkyl or cyclic N) is 1. The van der Waals surface area contributed by atoms with Crippen LogP contribution in [0.4, 0.5) is 0 Å². The quantitative estimate of drug-likeness (QED) is 0.853. The van der Waals surface area contributed by atoms with E-state index in [2.05, 4.69) is 17.0 Å². The maximum Gasteiger partial charge on any atom is 0.0820 e. The summed E-state index contributed by atoms with van der Waals surface area (Å²) < 4.78 is 0. The lowest BCUT2D eigenvalue weighted by molar-refractivity contribution is 0.0818. The molecule has 2 atom stereocenters. The Hall–Kier alpha value is 0.0300. The zero-order valence-electron chi connectivity index (χ0n) is 12.3. The predicted molar refractivity (Wildman–Crippen MR) is 99.3 cm³/mol. The van der Waals surface area contributed by atoms with Gasteiger partial charge < -0.3 is 15.7 Å². The SMILES string of the molecule is Cl.Cl.N[C@H](Cc1ccccc1)[C@@H](O)CN1CCCCC1.S. The highest BCUT2D eigenvalue weighted by molar-refractivity contribution is 7.59. The first-order valence-corrected chi connectivity index (χ1v) is 6.95. The molecule has 2 rings (SSSR count). The molecule has 1 aliphatic rings. The van der Waals surface area contributed by atoms with Crippen molar-refractivity contribution in [3.8, 4) is 0 Å². The average Bonchev–Trinajstić information content (AvgIpc) is 2.41. The molecule has 1 fully saturated rings. The third-order valence-electron chi connectivity index (χ3n) is 3.70. The molecule has 1 aromatic carbocycles. The molecule has 1 saturated heterocycles. The maximum absolute atomic E-state index is 10.2. The molecular formula is C15H28Cl2N2OS. The van der Waals surface area contributed by atoms with E-state index in [1.54, 1.807) is 0 Å². The summed E-state index contributed by atoms with van der Waals surface area (Å²) in [5.41, 5.74) is 7.29. The van der Waals surface area contributed by atoms with E-state index in [0.29, 0.717) is 6.54 Å². The van der Waals surface area contributed by atoms with Crippen LogP contribution in [-0.2, 0) is 6.42 Å². The molecule has 6 heteroatoms. The summed E-state index contributed by atoms with van der Waals surface area (Å²) in [6.07, 6.45) is 4.14.